The van der Waals surface area contributed by atoms with Crippen LogP contribution < -0.4 is 0 Å². The number of aryl methyl sites for hydroxylation is 1. The van der Waals surface area contributed by atoms with E-state index in [1.165, 1.54) is 11.1 Å². The quantitative estimate of drug-likeness (QED) is 0.709. The third-order valence-electron chi connectivity index (χ3n) is 3.07. The van der Waals surface area contributed by atoms with E-state index >= 15 is 0 Å². The summed E-state index contributed by atoms with van der Waals surface area (Å²) >= 11 is 0. The van der Waals surface area contributed by atoms with Crippen LogP contribution in [0.2, 0.25) is 0 Å². The van der Waals surface area contributed by atoms with Crippen molar-refractivity contribution in [2.24, 2.45) is 0 Å². The second kappa shape index (κ2) is 5.63. The van der Waals surface area contributed by atoms with Gasteiger partial charge in [0, 0.05) is 12.0 Å². The van der Waals surface area contributed by atoms with Crippen LogP contribution in [0.4, 0.5) is 0 Å². The fourth-order valence-corrected chi connectivity index (χ4v) is 1.97. The fraction of sp³-hybridized carbons (Fsp3) is 0.235. The second-order valence-electron chi connectivity index (χ2n) is 4.62. The van der Waals surface area contributed by atoms with Gasteiger partial charge in [0.15, 0.2) is 5.78 Å². The molecule has 92 valence electrons. The zero-order valence-electron chi connectivity index (χ0n) is 10.9. The molecular formula is C17H18O. The van der Waals surface area contributed by atoms with Crippen LogP contribution in [0.25, 0.3) is 11.1 Å². The maximum atomic E-state index is 11.7. The van der Waals surface area contributed by atoms with Crippen molar-refractivity contribution in [3.05, 3.63) is 59.7 Å². The van der Waals surface area contributed by atoms with Gasteiger partial charge in [-0.15, -0.1) is 0 Å². The van der Waals surface area contributed by atoms with E-state index in [-0.39, 0.29) is 5.78 Å². The number of hydrogen-bond acceptors (Lipinski definition) is 1. The Balaban J connectivity index is 2.22. The SMILES string of the molecule is CCCC(=O)c1ccc(-c2ccc(C)cc2)cc1. The molecule has 0 aliphatic heterocycles. The van der Waals surface area contributed by atoms with E-state index in [1.807, 2.05) is 31.2 Å². The Hall–Kier alpha value is -1.89. The lowest BCUT2D eigenvalue weighted by Gasteiger charge is -2.04. The van der Waals surface area contributed by atoms with Crippen molar-refractivity contribution >= 4 is 5.78 Å². The molecule has 1 heteroatoms. The summed E-state index contributed by atoms with van der Waals surface area (Å²) in [6.07, 6.45) is 1.53. The fourth-order valence-electron chi connectivity index (χ4n) is 1.97. The first-order chi connectivity index (χ1) is 8.70. The molecule has 2 aromatic rings. The van der Waals surface area contributed by atoms with Crippen molar-refractivity contribution in [2.45, 2.75) is 26.7 Å². The summed E-state index contributed by atoms with van der Waals surface area (Å²) in [6.45, 7) is 4.11. The van der Waals surface area contributed by atoms with Crippen LogP contribution in [0.3, 0.4) is 0 Å². The molecule has 0 aliphatic carbocycles. The molecule has 0 spiro atoms. The molecule has 2 rings (SSSR count). The lowest BCUT2D eigenvalue weighted by molar-refractivity contribution is 0.0982. The van der Waals surface area contributed by atoms with Gasteiger partial charge in [-0.05, 0) is 24.5 Å². The van der Waals surface area contributed by atoms with E-state index in [4.69, 9.17) is 0 Å². The van der Waals surface area contributed by atoms with E-state index in [9.17, 15) is 4.79 Å². The first kappa shape index (κ1) is 12.6. The van der Waals surface area contributed by atoms with Gasteiger partial charge in [0.25, 0.3) is 0 Å². The average Bonchev–Trinajstić information content (AvgIpc) is 2.40. The number of hydrogen-bond donors (Lipinski definition) is 0. The Morgan fingerprint density at radius 1 is 0.889 bits per heavy atom. The highest BCUT2D eigenvalue weighted by atomic mass is 16.1. The molecule has 0 N–H and O–H groups in total. The predicted molar refractivity (Wildman–Crippen MR) is 75.9 cm³/mol. The average molecular weight is 238 g/mol. The van der Waals surface area contributed by atoms with E-state index in [0.717, 1.165) is 17.5 Å². The number of rotatable bonds is 4. The summed E-state index contributed by atoms with van der Waals surface area (Å²) < 4.78 is 0. The monoisotopic (exact) mass is 238 g/mol. The second-order valence-corrected chi connectivity index (χ2v) is 4.62. The molecule has 0 saturated heterocycles. The molecule has 1 nitrogen and oxygen atoms in total. The van der Waals surface area contributed by atoms with Crippen LogP contribution in [0.5, 0.6) is 0 Å². The van der Waals surface area contributed by atoms with Crippen molar-refractivity contribution < 1.29 is 4.79 Å². The van der Waals surface area contributed by atoms with Gasteiger partial charge < -0.3 is 0 Å². The molecule has 0 atom stereocenters. The maximum Gasteiger partial charge on any atom is 0.162 e. The van der Waals surface area contributed by atoms with Crippen molar-refractivity contribution in [1.82, 2.24) is 0 Å². The van der Waals surface area contributed by atoms with Crippen molar-refractivity contribution in [1.29, 1.82) is 0 Å². The van der Waals surface area contributed by atoms with Gasteiger partial charge in [0.1, 0.15) is 0 Å². The normalized spacial score (nSPS) is 10.3. The zero-order valence-corrected chi connectivity index (χ0v) is 10.9. The van der Waals surface area contributed by atoms with Gasteiger partial charge >= 0.3 is 0 Å². The molecule has 0 amide bonds. The molecule has 0 fully saturated rings. The summed E-state index contributed by atoms with van der Waals surface area (Å²) in [5.41, 5.74) is 4.42. The highest BCUT2D eigenvalue weighted by molar-refractivity contribution is 5.96. The largest absolute Gasteiger partial charge is 0.294 e. The Morgan fingerprint density at radius 3 is 1.89 bits per heavy atom. The molecule has 0 aromatic heterocycles. The molecule has 2 aromatic carbocycles. The number of Topliss-reactive ketones (excluding diaryl/α,β-unsaturated/α-hetero) is 1. The Kier molecular flexibility index (Phi) is 3.93. The Morgan fingerprint density at radius 2 is 1.39 bits per heavy atom. The minimum Gasteiger partial charge on any atom is -0.294 e. The molecular weight excluding hydrogens is 220 g/mol. The highest BCUT2D eigenvalue weighted by Crippen LogP contribution is 2.20. The first-order valence-corrected chi connectivity index (χ1v) is 6.41. The summed E-state index contributed by atoms with van der Waals surface area (Å²) in [7, 11) is 0. The van der Waals surface area contributed by atoms with Crippen molar-refractivity contribution in [2.75, 3.05) is 0 Å². The molecule has 0 saturated carbocycles. The summed E-state index contributed by atoms with van der Waals surface area (Å²) in [4.78, 5) is 11.7. The molecule has 0 bridgehead atoms. The lowest BCUT2D eigenvalue weighted by Crippen LogP contribution is -1.97. The smallest absolute Gasteiger partial charge is 0.162 e. The number of benzene rings is 2. The Labute approximate surface area is 108 Å². The lowest BCUT2D eigenvalue weighted by atomic mass is 10.0. The van der Waals surface area contributed by atoms with Crippen molar-refractivity contribution in [3.8, 4) is 11.1 Å². The van der Waals surface area contributed by atoms with E-state index in [1.54, 1.807) is 0 Å². The number of ketones is 1. The maximum absolute atomic E-state index is 11.7. The molecule has 0 heterocycles. The molecule has 0 radical (unpaired) electrons. The van der Waals surface area contributed by atoms with Crippen molar-refractivity contribution in [3.63, 3.8) is 0 Å². The molecule has 0 aliphatic rings. The minimum absolute atomic E-state index is 0.230. The van der Waals surface area contributed by atoms with Gasteiger partial charge in [-0.2, -0.15) is 0 Å². The van der Waals surface area contributed by atoms with Crippen LogP contribution in [0, 0.1) is 6.92 Å². The number of carbonyl (C=O) groups is 1. The summed E-state index contributed by atoms with van der Waals surface area (Å²) in [5.74, 6) is 0.230. The topological polar surface area (TPSA) is 17.1 Å². The molecule has 18 heavy (non-hydrogen) atoms. The van der Waals surface area contributed by atoms with E-state index in [2.05, 4.69) is 31.2 Å². The first-order valence-electron chi connectivity index (χ1n) is 6.41. The third kappa shape index (κ3) is 2.86. The van der Waals surface area contributed by atoms with E-state index < -0.39 is 0 Å². The minimum atomic E-state index is 0.230. The van der Waals surface area contributed by atoms with Crippen LogP contribution in [-0.2, 0) is 0 Å². The van der Waals surface area contributed by atoms with Crippen LogP contribution in [0.15, 0.2) is 48.5 Å². The van der Waals surface area contributed by atoms with Crippen LogP contribution in [-0.4, -0.2) is 5.78 Å². The standard InChI is InChI=1S/C17H18O/c1-3-4-17(18)16-11-9-15(10-12-16)14-7-5-13(2)6-8-14/h5-12H,3-4H2,1-2H3. The van der Waals surface area contributed by atoms with Gasteiger partial charge in [-0.25, -0.2) is 0 Å². The Bertz CT molecular complexity index is 521. The number of carbonyl (C=O) groups excluding carboxylic acids is 1. The third-order valence-corrected chi connectivity index (χ3v) is 3.07. The van der Waals surface area contributed by atoms with Gasteiger partial charge in [-0.1, -0.05) is 61.0 Å². The van der Waals surface area contributed by atoms with Gasteiger partial charge in [0.05, 0.1) is 0 Å². The predicted octanol–water partition coefficient (Wildman–Crippen LogP) is 4.64. The summed E-state index contributed by atoms with van der Waals surface area (Å²) in [5, 5.41) is 0. The summed E-state index contributed by atoms with van der Waals surface area (Å²) in [6, 6.07) is 16.3. The van der Waals surface area contributed by atoms with Crippen LogP contribution >= 0.6 is 0 Å². The molecule has 0 unspecified atom stereocenters. The van der Waals surface area contributed by atoms with Gasteiger partial charge in [0.2, 0.25) is 0 Å². The van der Waals surface area contributed by atoms with E-state index in [0.29, 0.717) is 6.42 Å². The van der Waals surface area contributed by atoms with Crippen LogP contribution in [0.1, 0.15) is 35.7 Å². The highest BCUT2D eigenvalue weighted by Gasteiger charge is 2.04. The van der Waals surface area contributed by atoms with Gasteiger partial charge in [-0.3, -0.25) is 4.79 Å². The zero-order chi connectivity index (χ0) is 13.0.